The molecule has 1 saturated heterocycles. The zero-order valence-corrected chi connectivity index (χ0v) is 8.67. The fourth-order valence-electron chi connectivity index (χ4n) is 1.34. The van der Waals surface area contributed by atoms with Gasteiger partial charge in [0.1, 0.15) is 12.3 Å². The van der Waals surface area contributed by atoms with Crippen molar-refractivity contribution >= 4 is 17.0 Å². The van der Waals surface area contributed by atoms with Gasteiger partial charge >= 0.3 is 0 Å². The van der Waals surface area contributed by atoms with E-state index in [0.717, 1.165) is 0 Å². The molecule has 0 amide bonds. The summed E-state index contributed by atoms with van der Waals surface area (Å²) in [4.78, 5) is 0. The average molecular weight is 199 g/mol. The lowest BCUT2D eigenvalue weighted by molar-refractivity contribution is 0.150. The summed E-state index contributed by atoms with van der Waals surface area (Å²) < 4.78 is 11.3. The Balaban J connectivity index is 2.71. The Bertz CT molecular complexity index is 280. The van der Waals surface area contributed by atoms with Crippen LogP contribution >= 0.6 is 0 Å². The number of hydrazone groups is 1. The predicted molar refractivity (Wildman–Crippen MR) is 52.8 cm³/mol. The Morgan fingerprint density at radius 2 is 2.38 bits per heavy atom. The first kappa shape index (κ1) is 10.2. The van der Waals surface area contributed by atoms with E-state index in [9.17, 15) is 4.21 Å². The van der Waals surface area contributed by atoms with Crippen molar-refractivity contribution in [1.82, 2.24) is 5.01 Å². The van der Waals surface area contributed by atoms with Crippen LogP contribution in [0.5, 0.6) is 0 Å². The highest BCUT2D eigenvalue weighted by Crippen LogP contribution is 2.20. The van der Waals surface area contributed by atoms with Crippen molar-refractivity contribution < 1.29 is 4.21 Å². The molecule has 0 aliphatic carbocycles. The van der Waals surface area contributed by atoms with Crippen LogP contribution in [0, 0.1) is 11.3 Å². The first-order valence-electron chi connectivity index (χ1n) is 4.11. The van der Waals surface area contributed by atoms with E-state index in [1.807, 2.05) is 24.9 Å². The van der Waals surface area contributed by atoms with Gasteiger partial charge in [-0.3, -0.25) is 9.22 Å². The van der Waals surface area contributed by atoms with Gasteiger partial charge in [-0.2, -0.15) is 10.4 Å². The molecule has 4 nitrogen and oxygen atoms in total. The molecule has 0 saturated carbocycles. The van der Waals surface area contributed by atoms with Crippen LogP contribution < -0.4 is 0 Å². The minimum atomic E-state index is -0.734. The predicted octanol–water partition coefficient (Wildman–Crippen LogP) is 0.339. The summed E-state index contributed by atoms with van der Waals surface area (Å²) >= 11 is 0. The molecule has 1 atom stereocenters. The van der Waals surface area contributed by atoms with Gasteiger partial charge in [-0.15, -0.1) is 0 Å². The Morgan fingerprint density at radius 3 is 2.92 bits per heavy atom. The Labute approximate surface area is 80.7 Å². The second-order valence-corrected chi connectivity index (χ2v) is 5.17. The topological polar surface area (TPSA) is 56.5 Å². The summed E-state index contributed by atoms with van der Waals surface area (Å²) in [7, 11) is -0.734. The van der Waals surface area contributed by atoms with E-state index in [0.29, 0.717) is 18.1 Å². The van der Waals surface area contributed by atoms with Gasteiger partial charge in [0, 0.05) is 28.9 Å². The van der Waals surface area contributed by atoms with Crippen molar-refractivity contribution in [2.45, 2.75) is 19.4 Å². The van der Waals surface area contributed by atoms with Gasteiger partial charge in [0.05, 0.1) is 5.54 Å². The molecule has 0 aromatic heterocycles. The number of nitriles is 1. The first-order valence-corrected chi connectivity index (χ1v) is 5.60. The second-order valence-electron chi connectivity index (χ2n) is 3.60. The van der Waals surface area contributed by atoms with Crippen molar-refractivity contribution in [3.8, 4) is 6.07 Å². The van der Waals surface area contributed by atoms with Gasteiger partial charge in [0.25, 0.3) is 0 Å². The zero-order chi connectivity index (χ0) is 9.90. The Hall–Kier alpha value is -0.890. The molecule has 1 aliphatic heterocycles. The lowest BCUT2D eigenvalue weighted by atomic mass is 10.1. The molecule has 0 aromatic carbocycles. The van der Waals surface area contributed by atoms with Crippen LogP contribution in [-0.4, -0.2) is 39.0 Å². The normalized spacial score (nSPS) is 27.5. The molecule has 0 radical (unpaired) electrons. The molecule has 13 heavy (non-hydrogen) atoms. The molecule has 0 bridgehead atoms. The number of hydrogen-bond donors (Lipinski definition) is 0. The van der Waals surface area contributed by atoms with Crippen LogP contribution in [-0.2, 0) is 10.8 Å². The molecule has 1 aliphatic rings. The van der Waals surface area contributed by atoms with E-state index in [2.05, 4.69) is 5.10 Å². The average Bonchev–Trinajstić information content (AvgIpc) is 2.01. The van der Waals surface area contributed by atoms with Gasteiger partial charge in [-0.25, -0.2) is 0 Å². The third-order valence-electron chi connectivity index (χ3n) is 2.00. The highest BCUT2D eigenvalue weighted by Gasteiger charge is 2.32. The third kappa shape index (κ3) is 2.52. The summed E-state index contributed by atoms with van der Waals surface area (Å²) in [6.45, 7) is 4.63. The van der Waals surface area contributed by atoms with E-state index >= 15 is 0 Å². The standard InChI is InChI=1S/C8H13N3OS/c1-8(2)7-13(12)6-5-11(8)10-4-3-9/h4H,5-7H2,1-2H3/b10-4+. The maximum Gasteiger partial charge on any atom is 0.124 e. The van der Waals surface area contributed by atoms with Crippen LogP contribution in [0.2, 0.25) is 0 Å². The monoisotopic (exact) mass is 199 g/mol. The van der Waals surface area contributed by atoms with Crippen molar-refractivity contribution in [2.75, 3.05) is 18.1 Å². The molecule has 0 aromatic rings. The molecule has 1 heterocycles. The number of rotatable bonds is 1. The minimum Gasteiger partial charge on any atom is -0.289 e. The van der Waals surface area contributed by atoms with E-state index in [1.165, 1.54) is 6.21 Å². The number of nitrogens with zero attached hydrogens (tertiary/aromatic N) is 3. The van der Waals surface area contributed by atoms with Crippen LogP contribution in [0.1, 0.15) is 13.8 Å². The quantitative estimate of drug-likeness (QED) is 0.572. The molecule has 0 N–H and O–H groups in total. The zero-order valence-electron chi connectivity index (χ0n) is 7.86. The Morgan fingerprint density at radius 1 is 1.69 bits per heavy atom. The van der Waals surface area contributed by atoms with E-state index in [-0.39, 0.29) is 5.54 Å². The lowest BCUT2D eigenvalue weighted by Crippen LogP contribution is -2.51. The minimum absolute atomic E-state index is 0.198. The largest absolute Gasteiger partial charge is 0.289 e. The smallest absolute Gasteiger partial charge is 0.124 e. The molecule has 1 unspecified atom stereocenters. The number of hydrogen-bond acceptors (Lipinski definition) is 4. The highest BCUT2D eigenvalue weighted by atomic mass is 32.2. The highest BCUT2D eigenvalue weighted by molar-refractivity contribution is 7.85. The molecule has 5 heteroatoms. The van der Waals surface area contributed by atoms with Gasteiger partial charge in [-0.05, 0) is 13.8 Å². The summed E-state index contributed by atoms with van der Waals surface area (Å²) in [6, 6.07) is 1.85. The van der Waals surface area contributed by atoms with Crippen molar-refractivity contribution in [3.63, 3.8) is 0 Å². The van der Waals surface area contributed by atoms with Crippen LogP contribution in [0.4, 0.5) is 0 Å². The van der Waals surface area contributed by atoms with Crippen molar-refractivity contribution in [1.29, 1.82) is 5.26 Å². The molecule has 0 spiro atoms. The summed E-state index contributed by atoms with van der Waals surface area (Å²) in [5, 5.41) is 14.2. The third-order valence-corrected chi connectivity index (χ3v) is 3.66. The van der Waals surface area contributed by atoms with Crippen LogP contribution in [0.25, 0.3) is 0 Å². The SMILES string of the molecule is CC1(C)CS(=O)CCN1/N=C/C#N. The van der Waals surface area contributed by atoms with Crippen molar-refractivity contribution in [3.05, 3.63) is 0 Å². The van der Waals surface area contributed by atoms with E-state index in [1.54, 1.807) is 0 Å². The fourth-order valence-corrected chi connectivity index (χ4v) is 2.80. The second kappa shape index (κ2) is 3.88. The Kier molecular flexibility index (Phi) is 3.04. The van der Waals surface area contributed by atoms with Gasteiger partial charge in [0.2, 0.25) is 0 Å². The molecule has 1 rings (SSSR count). The maximum atomic E-state index is 11.3. The molecule has 72 valence electrons. The van der Waals surface area contributed by atoms with Gasteiger partial charge in [0.15, 0.2) is 0 Å². The summed E-state index contributed by atoms with van der Waals surface area (Å²) in [5.41, 5.74) is -0.198. The summed E-state index contributed by atoms with van der Waals surface area (Å²) in [6.07, 6.45) is 1.22. The first-order chi connectivity index (χ1) is 6.06. The molecular formula is C8H13N3OS. The van der Waals surface area contributed by atoms with E-state index in [4.69, 9.17) is 5.26 Å². The molecular weight excluding hydrogens is 186 g/mol. The van der Waals surface area contributed by atoms with E-state index < -0.39 is 10.8 Å². The molecule has 1 fully saturated rings. The van der Waals surface area contributed by atoms with Gasteiger partial charge in [-0.1, -0.05) is 0 Å². The lowest BCUT2D eigenvalue weighted by Gasteiger charge is -2.39. The summed E-state index contributed by atoms with van der Waals surface area (Å²) in [5.74, 6) is 1.27. The van der Waals surface area contributed by atoms with Crippen LogP contribution in [0.15, 0.2) is 5.10 Å². The van der Waals surface area contributed by atoms with Crippen molar-refractivity contribution in [2.24, 2.45) is 5.10 Å². The maximum absolute atomic E-state index is 11.3. The van der Waals surface area contributed by atoms with Crippen LogP contribution in [0.3, 0.4) is 0 Å². The van der Waals surface area contributed by atoms with Gasteiger partial charge < -0.3 is 0 Å². The fraction of sp³-hybridized carbons (Fsp3) is 0.750.